The van der Waals surface area contributed by atoms with Crippen molar-refractivity contribution in [3.8, 4) is 0 Å². The standard InChI is InChI=1S/C24H27FN4O3/c1-13-9-16(7-8-17(13)25)28-23(32)21-14(2)20(15(3)29(21)6)22(31)18(30)10-24(4,5)19-11-26-12-27-19/h7-9,11-12H,10H2,1-6H3,(H,26,27)(H,28,32). The second kappa shape index (κ2) is 8.53. The van der Waals surface area contributed by atoms with Crippen LogP contribution in [0.2, 0.25) is 0 Å². The molecule has 0 aliphatic carbocycles. The number of hydrogen-bond donors (Lipinski definition) is 2. The van der Waals surface area contributed by atoms with Crippen LogP contribution in [0, 0.1) is 26.6 Å². The zero-order valence-electron chi connectivity index (χ0n) is 19.1. The van der Waals surface area contributed by atoms with Gasteiger partial charge in [0.25, 0.3) is 5.91 Å². The van der Waals surface area contributed by atoms with Gasteiger partial charge in [-0.05, 0) is 50.1 Å². The van der Waals surface area contributed by atoms with Gasteiger partial charge in [0.15, 0.2) is 0 Å². The van der Waals surface area contributed by atoms with Gasteiger partial charge in [-0.1, -0.05) is 13.8 Å². The van der Waals surface area contributed by atoms with Crippen molar-refractivity contribution >= 4 is 23.2 Å². The van der Waals surface area contributed by atoms with Crippen LogP contribution < -0.4 is 5.32 Å². The highest BCUT2D eigenvalue weighted by molar-refractivity contribution is 6.44. The Morgan fingerprint density at radius 1 is 1.19 bits per heavy atom. The van der Waals surface area contributed by atoms with E-state index >= 15 is 0 Å². The molecule has 0 atom stereocenters. The van der Waals surface area contributed by atoms with E-state index in [-0.39, 0.29) is 23.5 Å². The van der Waals surface area contributed by atoms with E-state index < -0.39 is 22.9 Å². The smallest absolute Gasteiger partial charge is 0.272 e. The Bertz CT molecular complexity index is 1210. The van der Waals surface area contributed by atoms with Gasteiger partial charge in [-0.25, -0.2) is 9.37 Å². The van der Waals surface area contributed by atoms with Crippen molar-refractivity contribution in [3.63, 3.8) is 0 Å². The number of halogens is 1. The molecule has 7 nitrogen and oxygen atoms in total. The molecule has 0 saturated heterocycles. The maximum absolute atomic E-state index is 13.5. The Hall–Kier alpha value is -3.55. The Balaban J connectivity index is 1.87. The highest BCUT2D eigenvalue weighted by Crippen LogP contribution is 2.28. The number of carbonyl (C=O) groups is 3. The molecule has 0 saturated carbocycles. The molecule has 8 heteroatoms. The maximum Gasteiger partial charge on any atom is 0.272 e. The molecule has 1 amide bonds. The summed E-state index contributed by atoms with van der Waals surface area (Å²) in [6, 6.07) is 4.28. The van der Waals surface area contributed by atoms with Crippen LogP contribution in [-0.2, 0) is 17.3 Å². The van der Waals surface area contributed by atoms with E-state index in [1.807, 2.05) is 13.8 Å². The minimum absolute atomic E-state index is 0.00180. The van der Waals surface area contributed by atoms with Crippen LogP contribution in [0.5, 0.6) is 0 Å². The lowest BCUT2D eigenvalue weighted by Gasteiger charge is -2.21. The minimum Gasteiger partial charge on any atom is -0.348 e. The lowest BCUT2D eigenvalue weighted by atomic mass is 9.82. The van der Waals surface area contributed by atoms with Gasteiger partial charge in [0.2, 0.25) is 11.6 Å². The van der Waals surface area contributed by atoms with E-state index in [1.54, 1.807) is 38.6 Å². The third-order valence-electron chi connectivity index (χ3n) is 5.87. The fourth-order valence-corrected chi connectivity index (χ4v) is 3.89. The topological polar surface area (TPSA) is 96.8 Å². The Kier molecular flexibility index (Phi) is 6.16. The Morgan fingerprint density at radius 3 is 2.47 bits per heavy atom. The zero-order valence-corrected chi connectivity index (χ0v) is 19.1. The van der Waals surface area contributed by atoms with E-state index in [2.05, 4.69) is 15.3 Å². The van der Waals surface area contributed by atoms with Crippen molar-refractivity contribution in [1.82, 2.24) is 14.5 Å². The summed E-state index contributed by atoms with van der Waals surface area (Å²) in [6.45, 7) is 8.68. The summed E-state index contributed by atoms with van der Waals surface area (Å²) in [5.74, 6) is -1.97. The van der Waals surface area contributed by atoms with Crippen LogP contribution in [0.1, 0.15) is 63.6 Å². The van der Waals surface area contributed by atoms with E-state index in [9.17, 15) is 18.8 Å². The largest absolute Gasteiger partial charge is 0.348 e. The molecular weight excluding hydrogens is 411 g/mol. The second-order valence-corrected chi connectivity index (χ2v) is 8.69. The van der Waals surface area contributed by atoms with Gasteiger partial charge in [-0.3, -0.25) is 14.4 Å². The molecule has 2 heterocycles. The molecule has 0 fully saturated rings. The monoisotopic (exact) mass is 438 g/mol. The number of aromatic nitrogens is 3. The molecule has 0 unspecified atom stereocenters. The van der Waals surface area contributed by atoms with Crippen molar-refractivity contribution in [1.29, 1.82) is 0 Å². The van der Waals surface area contributed by atoms with Crippen LogP contribution in [0.25, 0.3) is 0 Å². The summed E-state index contributed by atoms with van der Waals surface area (Å²) >= 11 is 0. The number of rotatable bonds is 7. The third-order valence-corrected chi connectivity index (χ3v) is 5.87. The molecule has 0 bridgehead atoms. The molecule has 168 valence electrons. The number of amides is 1. The first-order valence-corrected chi connectivity index (χ1v) is 10.2. The second-order valence-electron chi connectivity index (χ2n) is 8.69. The van der Waals surface area contributed by atoms with Gasteiger partial charge in [0, 0.05) is 42.2 Å². The Morgan fingerprint density at radius 2 is 1.88 bits per heavy atom. The first-order chi connectivity index (χ1) is 14.9. The quantitative estimate of drug-likeness (QED) is 0.427. The normalized spacial score (nSPS) is 11.5. The zero-order chi connectivity index (χ0) is 23.8. The number of benzene rings is 1. The number of H-pyrrole nitrogens is 1. The number of hydrogen-bond acceptors (Lipinski definition) is 4. The van der Waals surface area contributed by atoms with Crippen LogP contribution in [0.15, 0.2) is 30.7 Å². The van der Waals surface area contributed by atoms with Gasteiger partial charge >= 0.3 is 0 Å². The molecule has 3 rings (SSSR count). The number of anilines is 1. The summed E-state index contributed by atoms with van der Waals surface area (Å²) in [4.78, 5) is 45.9. The SMILES string of the molecule is Cc1cc(NC(=O)c2c(C)c(C(=O)C(=O)CC(C)(C)c3cnc[nH]3)c(C)n2C)ccc1F. The van der Waals surface area contributed by atoms with Gasteiger partial charge < -0.3 is 14.9 Å². The number of nitrogens with one attached hydrogen (secondary N) is 2. The molecule has 32 heavy (non-hydrogen) atoms. The predicted octanol–water partition coefficient (Wildman–Crippen LogP) is 4.18. The number of carbonyl (C=O) groups excluding carboxylic acids is 3. The Labute approximate surface area is 186 Å². The van der Waals surface area contributed by atoms with Gasteiger partial charge in [0.05, 0.1) is 11.9 Å². The molecule has 0 aliphatic heterocycles. The highest BCUT2D eigenvalue weighted by atomic mass is 19.1. The van der Waals surface area contributed by atoms with E-state index in [4.69, 9.17) is 0 Å². The number of aromatic amines is 1. The minimum atomic E-state index is -0.625. The van der Waals surface area contributed by atoms with Crippen LogP contribution in [0.4, 0.5) is 10.1 Å². The fraction of sp³-hybridized carbons (Fsp3) is 0.333. The molecule has 0 aliphatic rings. The van der Waals surface area contributed by atoms with E-state index in [0.29, 0.717) is 22.5 Å². The fourth-order valence-electron chi connectivity index (χ4n) is 3.89. The molecular formula is C24H27FN4O3. The lowest BCUT2D eigenvalue weighted by Crippen LogP contribution is -2.27. The van der Waals surface area contributed by atoms with Gasteiger partial charge in [-0.2, -0.15) is 0 Å². The molecule has 2 N–H and O–H groups in total. The first-order valence-electron chi connectivity index (χ1n) is 10.2. The molecule has 1 aromatic carbocycles. The number of aryl methyl sites for hydroxylation is 1. The van der Waals surface area contributed by atoms with Crippen LogP contribution in [0.3, 0.4) is 0 Å². The molecule has 3 aromatic rings. The number of ketones is 2. The predicted molar refractivity (Wildman–Crippen MR) is 120 cm³/mol. The van der Waals surface area contributed by atoms with Crippen molar-refractivity contribution in [3.05, 3.63) is 70.3 Å². The van der Waals surface area contributed by atoms with Crippen molar-refractivity contribution in [2.45, 2.75) is 46.5 Å². The summed E-state index contributed by atoms with van der Waals surface area (Å²) in [6.07, 6.45) is 3.16. The van der Waals surface area contributed by atoms with Gasteiger partial charge in [0.1, 0.15) is 11.5 Å². The average molecular weight is 439 g/mol. The van der Waals surface area contributed by atoms with Crippen LogP contribution >= 0.6 is 0 Å². The average Bonchev–Trinajstić information content (AvgIpc) is 3.32. The maximum atomic E-state index is 13.5. The molecule has 0 radical (unpaired) electrons. The molecule has 2 aromatic heterocycles. The number of Topliss-reactive ketones (excluding diaryl/α,β-unsaturated/α-hetero) is 2. The summed E-state index contributed by atoms with van der Waals surface area (Å²) < 4.78 is 15.1. The summed E-state index contributed by atoms with van der Waals surface area (Å²) in [5.41, 5.74) is 2.48. The van der Waals surface area contributed by atoms with E-state index in [0.717, 1.165) is 5.69 Å². The summed E-state index contributed by atoms with van der Waals surface area (Å²) in [5, 5.41) is 2.74. The van der Waals surface area contributed by atoms with Gasteiger partial charge in [-0.15, -0.1) is 0 Å². The summed E-state index contributed by atoms with van der Waals surface area (Å²) in [7, 11) is 1.67. The lowest BCUT2D eigenvalue weighted by molar-refractivity contribution is -0.116. The van der Waals surface area contributed by atoms with Crippen molar-refractivity contribution in [2.24, 2.45) is 7.05 Å². The molecule has 0 spiro atoms. The van der Waals surface area contributed by atoms with Crippen molar-refractivity contribution < 1.29 is 18.8 Å². The number of imidazole rings is 1. The van der Waals surface area contributed by atoms with E-state index in [1.165, 1.54) is 24.5 Å². The highest BCUT2D eigenvalue weighted by Gasteiger charge is 2.33. The van der Waals surface area contributed by atoms with Crippen LogP contribution in [-0.4, -0.2) is 32.0 Å². The third kappa shape index (κ3) is 4.26. The van der Waals surface area contributed by atoms with Crippen molar-refractivity contribution in [2.75, 3.05) is 5.32 Å². The first kappa shape index (κ1) is 23.1. The number of nitrogens with zero attached hydrogens (tertiary/aromatic N) is 2.